The summed E-state index contributed by atoms with van der Waals surface area (Å²) < 4.78 is 41.1. The fourth-order valence-electron chi connectivity index (χ4n) is 3.03. The molecule has 0 amide bonds. The van der Waals surface area contributed by atoms with Crippen molar-refractivity contribution in [2.45, 2.75) is 45.4 Å². The van der Waals surface area contributed by atoms with Crippen molar-refractivity contribution in [3.63, 3.8) is 0 Å². The summed E-state index contributed by atoms with van der Waals surface area (Å²) in [5.41, 5.74) is 0.125. The lowest BCUT2D eigenvalue weighted by Crippen LogP contribution is -2.15. The van der Waals surface area contributed by atoms with Gasteiger partial charge in [-0.15, -0.1) is 0 Å². The van der Waals surface area contributed by atoms with Crippen LogP contribution in [0, 0.1) is 17.7 Å². The van der Waals surface area contributed by atoms with E-state index in [1.807, 2.05) is 0 Å². The van der Waals surface area contributed by atoms with Gasteiger partial charge in [-0.25, -0.2) is 13.2 Å². The number of hydrogen-bond acceptors (Lipinski definition) is 0. The predicted octanol–water partition coefficient (Wildman–Crippen LogP) is 6.04. The summed E-state index contributed by atoms with van der Waals surface area (Å²) in [7, 11) is 0. The Labute approximate surface area is 118 Å². The summed E-state index contributed by atoms with van der Waals surface area (Å²) >= 11 is 0. The first-order chi connectivity index (χ1) is 9.61. The van der Waals surface area contributed by atoms with E-state index in [0.29, 0.717) is 18.8 Å². The predicted molar refractivity (Wildman–Crippen MR) is 75.9 cm³/mol. The Hall–Kier alpha value is -1.25. The van der Waals surface area contributed by atoms with E-state index < -0.39 is 17.5 Å². The molecule has 0 N–H and O–H groups in total. The molecule has 0 radical (unpaired) electrons. The third kappa shape index (κ3) is 3.65. The molecule has 3 heteroatoms. The minimum Gasteiger partial charge on any atom is -0.208 e. The van der Waals surface area contributed by atoms with Crippen LogP contribution in [0.15, 0.2) is 30.1 Å². The highest BCUT2D eigenvalue weighted by Gasteiger charge is 2.26. The van der Waals surface area contributed by atoms with E-state index in [4.69, 9.17) is 0 Å². The quantitative estimate of drug-likeness (QED) is 0.631. The second kappa shape index (κ2) is 6.96. The maximum Gasteiger partial charge on any atom is 0.162 e. The largest absolute Gasteiger partial charge is 0.208 e. The lowest BCUT2D eigenvalue weighted by molar-refractivity contribution is 0.261. The van der Waals surface area contributed by atoms with E-state index in [0.717, 1.165) is 31.4 Å². The second-order valence-corrected chi connectivity index (χ2v) is 5.68. The molecule has 110 valence electrons. The minimum absolute atomic E-state index is 0.125. The number of allylic oxidation sites excluding steroid dienone is 1. The average molecular weight is 282 g/mol. The van der Waals surface area contributed by atoms with Gasteiger partial charge in [0.25, 0.3) is 0 Å². The van der Waals surface area contributed by atoms with Crippen LogP contribution in [-0.4, -0.2) is 0 Å². The molecule has 0 aliphatic heterocycles. The highest BCUT2D eigenvalue weighted by atomic mass is 19.2. The fraction of sp³-hybridized carbons (Fsp3) is 0.529. The zero-order chi connectivity index (χ0) is 14.5. The standard InChI is InChI=1S/C17H21F3/c1-2-3-12-4-6-13(7-5-12)16(19)17(20)14-8-10-15(18)11-9-14/h8-13H,2-7H2,1H3. The SMILES string of the molecule is CCCC1CCC(C(F)=C(F)c2ccc(F)cc2)CC1. The molecule has 0 nitrogen and oxygen atoms in total. The lowest BCUT2D eigenvalue weighted by Gasteiger charge is -2.27. The summed E-state index contributed by atoms with van der Waals surface area (Å²) in [6, 6.07) is 4.88. The van der Waals surface area contributed by atoms with Crippen LogP contribution < -0.4 is 0 Å². The highest BCUT2D eigenvalue weighted by Crippen LogP contribution is 2.38. The maximum atomic E-state index is 14.2. The van der Waals surface area contributed by atoms with Gasteiger partial charge in [-0.1, -0.05) is 19.8 Å². The van der Waals surface area contributed by atoms with Crippen LogP contribution in [0.3, 0.4) is 0 Å². The van der Waals surface area contributed by atoms with Crippen LogP contribution >= 0.6 is 0 Å². The summed E-state index contributed by atoms with van der Waals surface area (Å²) in [5, 5.41) is 0. The highest BCUT2D eigenvalue weighted by molar-refractivity contribution is 5.61. The van der Waals surface area contributed by atoms with Crippen LogP contribution in [0.2, 0.25) is 0 Å². The van der Waals surface area contributed by atoms with Crippen LogP contribution in [0.5, 0.6) is 0 Å². The summed E-state index contributed by atoms with van der Waals surface area (Å²) in [6.45, 7) is 2.15. The zero-order valence-electron chi connectivity index (χ0n) is 11.8. The first-order valence-corrected chi connectivity index (χ1v) is 7.43. The van der Waals surface area contributed by atoms with Gasteiger partial charge in [0.15, 0.2) is 5.83 Å². The van der Waals surface area contributed by atoms with Crippen molar-refractivity contribution >= 4 is 5.83 Å². The Balaban J connectivity index is 2.04. The molecule has 0 bridgehead atoms. The molecule has 0 atom stereocenters. The summed E-state index contributed by atoms with van der Waals surface area (Å²) in [6.07, 6.45) is 5.71. The van der Waals surface area contributed by atoms with Crippen LogP contribution in [0.4, 0.5) is 13.2 Å². The number of rotatable bonds is 4. The minimum atomic E-state index is -0.830. The van der Waals surface area contributed by atoms with Gasteiger partial charge < -0.3 is 0 Å². The van der Waals surface area contributed by atoms with Crippen LogP contribution in [0.25, 0.3) is 5.83 Å². The Kier molecular flexibility index (Phi) is 5.27. The summed E-state index contributed by atoms with van der Waals surface area (Å²) in [5.74, 6) is -1.58. The molecular weight excluding hydrogens is 261 g/mol. The van der Waals surface area contributed by atoms with Gasteiger partial charge in [-0.2, -0.15) is 0 Å². The fourth-order valence-corrected chi connectivity index (χ4v) is 3.03. The first kappa shape index (κ1) is 15.1. The van der Waals surface area contributed by atoms with Gasteiger partial charge in [0.05, 0.1) is 0 Å². The molecule has 1 aromatic carbocycles. The van der Waals surface area contributed by atoms with Gasteiger partial charge in [-0.3, -0.25) is 0 Å². The first-order valence-electron chi connectivity index (χ1n) is 7.43. The van der Waals surface area contributed by atoms with Crippen molar-refractivity contribution in [1.29, 1.82) is 0 Å². The molecule has 1 aliphatic carbocycles. The third-order valence-corrected chi connectivity index (χ3v) is 4.21. The van der Waals surface area contributed by atoms with E-state index in [2.05, 4.69) is 6.92 Å². The monoisotopic (exact) mass is 282 g/mol. The van der Waals surface area contributed by atoms with E-state index in [-0.39, 0.29) is 11.5 Å². The van der Waals surface area contributed by atoms with Crippen molar-refractivity contribution < 1.29 is 13.2 Å². The van der Waals surface area contributed by atoms with Crippen molar-refractivity contribution in [3.8, 4) is 0 Å². The second-order valence-electron chi connectivity index (χ2n) is 5.68. The Bertz CT molecular complexity index is 454. The van der Waals surface area contributed by atoms with E-state index in [1.165, 1.54) is 18.6 Å². The molecule has 2 rings (SSSR count). The molecule has 0 aromatic heterocycles. The lowest BCUT2D eigenvalue weighted by atomic mass is 9.79. The van der Waals surface area contributed by atoms with E-state index in [1.54, 1.807) is 0 Å². The molecule has 0 heterocycles. The third-order valence-electron chi connectivity index (χ3n) is 4.21. The van der Waals surface area contributed by atoms with Crippen molar-refractivity contribution in [2.75, 3.05) is 0 Å². The van der Waals surface area contributed by atoms with Gasteiger partial charge in [0, 0.05) is 11.5 Å². The van der Waals surface area contributed by atoms with Crippen molar-refractivity contribution in [1.82, 2.24) is 0 Å². The zero-order valence-corrected chi connectivity index (χ0v) is 11.8. The van der Waals surface area contributed by atoms with Gasteiger partial charge in [0.2, 0.25) is 0 Å². The Morgan fingerprint density at radius 2 is 1.65 bits per heavy atom. The topological polar surface area (TPSA) is 0 Å². The van der Waals surface area contributed by atoms with Gasteiger partial charge in [0.1, 0.15) is 11.6 Å². The van der Waals surface area contributed by atoms with Crippen LogP contribution in [0.1, 0.15) is 51.0 Å². The molecule has 0 spiro atoms. The van der Waals surface area contributed by atoms with Crippen LogP contribution in [-0.2, 0) is 0 Å². The molecular formula is C17H21F3. The number of halogens is 3. The molecule has 1 aromatic rings. The molecule has 1 fully saturated rings. The normalized spacial score (nSPS) is 24.4. The van der Waals surface area contributed by atoms with E-state index >= 15 is 0 Å². The van der Waals surface area contributed by atoms with Crippen molar-refractivity contribution in [3.05, 3.63) is 41.5 Å². The Morgan fingerprint density at radius 1 is 1.05 bits per heavy atom. The number of hydrogen-bond donors (Lipinski definition) is 0. The summed E-state index contributed by atoms with van der Waals surface area (Å²) in [4.78, 5) is 0. The van der Waals surface area contributed by atoms with Gasteiger partial charge in [-0.05, 0) is 55.9 Å². The van der Waals surface area contributed by atoms with Crippen molar-refractivity contribution in [2.24, 2.45) is 11.8 Å². The molecule has 0 saturated heterocycles. The molecule has 1 saturated carbocycles. The molecule has 1 aliphatic rings. The smallest absolute Gasteiger partial charge is 0.162 e. The number of benzene rings is 1. The van der Waals surface area contributed by atoms with Gasteiger partial charge >= 0.3 is 0 Å². The average Bonchev–Trinajstić information content (AvgIpc) is 2.48. The molecule has 20 heavy (non-hydrogen) atoms. The molecule has 0 unspecified atom stereocenters. The Morgan fingerprint density at radius 3 is 2.20 bits per heavy atom. The van der Waals surface area contributed by atoms with E-state index in [9.17, 15) is 13.2 Å². The maximum absolute atomic E-state index is 14.2.